The van der Waals surface area contributed by atoms with Crippen molar-refractivity contribution in [1.82, 2.24) is 0 Å². The van der Waals surface area contributed by atoms with Crippen LogP contribution in [0.3, 0.4) is 0 Å². The number of anilines is 1. The molecule has 0 atom stereocenters. The van der Waals surface area contributed by atoms with E-state index in [1.54, 1.807) is 6.07 Å². The monoisotopic (exact) mass is 390 g/mol. The molecule has 0 aliphatic carbocycles. The van der Waals surface area contributed by atoms with Crippen molar-refractivity contribution in [2.75, 3.05) is 12.4 Å². The highest BCUT2D eigenvalue weighted by Crippen LogP contribution is 2.35. The molecule has 0 aromatic heterocycles. The van der Waals surface area contributed by atoms with Crippen LogP contribution in [0.2, 0.25) is 5.02 Å². The lowest BCUT2D eigenvalue weighted by Crippen LogP contribution is -2.13. The van der Waals surface area contributed by atoms with Gasteiger partial charge in [-0.15, -0.1) is 0 Å². The third-order valence-electron chi connectivity index (χ3n) is 3.33. The fraction of sp³-hybridized carbons (Fsp3) is 0.0588. The van der Waals surface area contributed by atoms with Gasteiger partial charge in [0.05, 0.1) is 17.1 Å². The van der Waals surface area contributed by atoms with Gasteiger partial charge in [-0.25, -0.2) is 4.39 Å². The van der Waals surface area contributed by atoms with Gasteiger partial charge in [0.15, 0.2) is 0 Å². The maximum Gasteiger partial charge on any atom is 0.266 e. The quantitative estimate of drug-likeness (QED) is 0.361. The van der Waals surface area contributed by atoms with Gasteiger partial charge in [-0.2, -0.15) is 5.26 Å². The largest absolute Gasteiger partial charge is 0.865 e. The fourth-order valence-corrected chi connectivity index (χ4v) is 2.25. The number of rotatable bonds is 5. The summed E-state index contributed by atoms with van der Waals surface area (Å²) in [4.78, 5) is 22.3. The predicted octanol–water partition coefficient (Wildman–Crippen LogP) is 3.02. The van der Waals surface area contributed by atoms with Gasteiger partial charge in [-0.3, -0.25) is 14.9 Å². The van der Waals surface area contributed by atoms with Crippen LogP contribution in [0.5, 0.6) is 11.5 Å². The molecular formula is C17H10ClFN3O5-. The molecule has 0 spiro atoms. The van der Waals surface area contributed by atoms with Gasteiger partial charge in [0.25, 0.3) is 11.6 Å². The summed E-state index contributed by atoms with van der Waals surface area (Å²) in [5.41, 5.74) is -0.984. The number of methoxy groups -OCH3 is 1. The van der Waals surface area contributed by atoms with E-state index in [1.807, 2.05) is 0 Å². The molecule has 10 heteroatoms. The molecule has 0 saturated carbocycles. The van der Waals surface area contributed by atoms with Gasteiger partial charge >= 0.3 is 0 Å². The van der Waals surface area contributed by atoms with Crippen LogP contribution in [0.25, 0.3) is 6.08 Å². The number of hydrogen-bond donors (Lipinski definition) is 1. The molecule has 2 aromatic carbocycles. The van der Waals surface area contributed by atoms with E-state index in [4.69, 9.17) is 16.3 Å². The van der Waals surface area contributed by atoms with Crippen molar-refractivity contribution in [3.63, 3.8) is 0 Å². The maximum absolute atomic E-state index is 13.2. The normalized spacial score (nSPS) is 10.8. The Morgan fingerprint density at radius 1 is 1.41 bits per heavy atom. The molecule has 0 aliphatic heterocycles. The van der Waals surface area contributed by atoms with Crippen LogP contribution in [0.1, 0.15) is 5.56 Å². The molecule has 2 rings (SSSR count). The first-order valence-electron chi connectivity index (χ1n) is 7.18. The highest BCUT2D eigenvalue weighted by atomic mass is 35.5. The lowest BCUT2D eigenvalue weighted by Gasteiger charge is -2.13. The van der Waals surface area contributed by atoms with E-state index in [2.05, 4.69) is 5.32 Å². The van der Waals surface area contributed by atoms with Crippen molar-refractivity contribution in [2.24, 2.45) is 0 Å². The minimum absolute atomic E-state index is 0.0435. The summed E-state index contributed by atoms with van der Waals surface area (Å²) in [6, 6.07) is 7.17. The van der Waals surface area contributed by atoms with E-state index in [0.717, 1.165) is 37.5 Å². The molecule has 0 aliphatic rings. The molecule has 0 radical (unpaired) electrons. The molecule has 0 fully saturated rings. The zero-order valence-electron chi connectivity index (χ0n) is 13.7. The Morgan fingerprint density at radius 2 is 2.11 bits per heavy atom. The second-order valence-corrected chi connectivity index (χ2v) is 5.49. The zero-order valence-corrected chi connectivity index (χ0v) is 14.4. The van der Waals surface area contributed by atoms with Gasteiger partial charge < -0.3 is 15.2 Å². The van der Waals surface area contributed by atoms with Gasteiger partial charge in [0, 0.05) is 17.5 Å². The van der Waals surface area contributed by atoms with Gasteiger partial charge in [-0.1, -0.05) is 11.6 Å². The SMILES string of the molecule is COc1cc(/C=C(\C#N)C(=O)Nc2ccc(F)c(Cl)c2)cc([N+](=O)[O-])c1[O-]. The molecule has 8 nitrogen and oxygen atoms in total. The first kappa shape index (κ1) is 19.7. The number of nitriles is 1. The number of nitrogens with one attached hydrogen (secondary N) is 1. The summed E-state index contributed by atoms with van der Waals surface area (Å²) in [7, 11) is 1.16. The van der Waals surface area contributed by atoms with Crippen LogP contribution < -0.4 is 15.2 Å². The summed E-state index contributed by atoms with van der Waals surface area (Å²) in [6.45, 7) is 0. The molecule has 2 aromatic rings. The smallest absolute Gasteiger partial charge is 0.266 e. The molecule has 1 amide bonds. The molecule has 0 heterocycles. The first-order chi connectivity index (χ1) is 12.8. The predicted molar refractivity (Wildman–Crippen MR) is 92.7 cm³/mol. The van der Waals surface area contributed by atoms with E-state index in [9.17, 15) is 29.7 Å². The minimum Gasteiger partial charge on any atom is -0.865 e. The Kier molecular flexibility index (Phi) is 5.95. The number of hydrogen-bond acceptors (Lipinski definition) is 6. The first-order valence-corrected chi connectivity index (χ1v) is 7.56. The van der Waals surface area contributed by atoms with Crippen LogP contribution >= 0.6 is 11.6 Å². The van der Waals surface area contributed by atoms with Crippen LogP contribution in [0, 0.1) is 27.3 Å². The molecule has 1 N–H and O–H groups in total. The van der Waals surface area contributed by atoms with Crippen molar-refractivity contribution in [2.45, 2.75) is 0 Å². The summed E-state index contributed by atoms with van der Waals surface area (Å²) in [5.74, 6) is -2.77. The number of benzene rings is 2. The summed E-state index contributed by atoms with van der Waals surface area (Å²) in [5, 5.41) is 34.1. The average Bonchev–Trinajstić information content (AvgIpc) is 2.63. The lowest BCUT2D eigenvalue weighted by atomic mass is 10.1. The molecule has 0 unspecified atom stereocenters. The Balaban J connectivity index is 2.38. The van der Waals surface area contributed by atoms with E-state index >= 15 is 0 Å². The van der Waals surface area contributed by atoms with Crippen LogP contribution in [0.15, 0.2) is 35.9 Å². The Morgan fingerprint density at radius 3 is 2.67 bits per heavy atom. The van der Waals surface area contributed by atoms with E-state index < -0.39 is 33.7 Å². The molecule has 0 bridgehead atoms. The third-order valence-corrected chi connectivity index (χ3v) is 3.62. The Bertz CT molecular complexity index is 1000. The number of ether oxygens (including phenoxy) is 1. The summed E-state index contributed by atoms with van der Waals surface area (Å²) >= 11 is 5.62. The Hall–Kier alpha value is -3.64. The standard InChI is InChI=1S/C17H11ClFN3O5/c1-27-15-6-9(5-14(16(15)23)22(25)26)4-10(8-20)17(24)21-11-2-3-13(19)12(18)7-11/h2-7,23H,1H3,(H,21,24)/p-1/b10-4+. The van der Waals surface area contributed by atoms with Crippen molar-refractivity contribution >= 4 is 35.0 Å². The lowest BCUT2D eigenvalue weighted by molar-refractivity contribution is -0.398. The number of carbonyl (C=O) groups excluding carboxylic acids is 1. The zero-order chi connectivity index (χ0) is 20.1. The van der Waals surface area contributed by atoms with Crippen molar-refractivity contribution in [3.8, 4) is 17.6 Å². The molecule has 27 heavy (non-hydrogen) atoms. The van der Waals surface area contributed by atoms with Crippen LogP contribution in [-0.2, 0) is 4.79 Å². The van der Waals surface area contributed by atoms with Crippen molar-refractivity contribution < 1.29 is 24.0 Å². The highest BCUT2D eigenvalue weighted by Gasteiger charge is 2.15. The van der Waals surface area contributed by atoms with E-state index in [1.165, 1.54) is 6.07 Å². The van der Waals surface area contributed by atoms with E-state index in [-0.39, 0.29) is 22.0 Å². The van der Waals surface area contributed by atoms with Crippen molar-refractivity contribution in [3.05, 3.63) is 62.4 Å². The second-order valence-electron chi connectivity index (χ2n) is 5.08. The summed E-state index contributed by atoms with van der Waals surface area (Å²) < 4.78 is 17.9. The fourth-order valence-electron chi connectivity index (χ4n) is 2.07. The minimum atomic E-state index is -0.927. The number of nitro benzene ring substituents is 1. The second kappa shape index (κ2) is 8.16. The number of nitro groups is 1. The van der Waals surface area contributed by atoms with Crippen LogP contribution in [-0.4, -0.2) is 17.9 Å². The van der Waals surface area contributed by atoms with E-state index in [0.29, 0.717) is 0 Å². The highest BCUT2D eigenvalue weighted by molar-refractivity contribution is 6.31. The Labute approximate surface area is 157 Å². The van der Waals surface area contributed by atoms with Gasteiger partial charge in [-0.05, 0) is 35.9 Å². The van der Waals surface area contributed by atoms with Gasteiger partial charge in [0.2, 0.25) is 0 Å². The topological polar surface area (TPSA) is 128 Å². The number of nitrogens with zero attached hydrogens (tertiary/aromatic N) is 2. The summed E-state index contributed by atoms with van der Waals surface area (Å²) in [6.07, 6.45) is 1.05. The van der Waals surface area contributed by atoms with Gasteiger partial charge in [0.1, 0.15) is 23.2 Å². The van der Waals surface area contributed by atoms with Crippen molar-refractivity contribution in [1.29, 1.82) is 5.26 Å². The molecular weight excluding hydrogens is 381 g/mol. The number of halogens is 2. The third kappa shape index (κ3) is 4.50. The number of carbonyl (C=O) groups is 1. The van der Waals surface area contributed by atoms with Crippen LogP contribution in [0.4, 0.5) is 15.8 Å². The number of amides is 1. The molecule has 138 valence electrons. The maximum atomic E-state index is 13.2. The average molecular weight is 391 g/mol. The molecule has 0 saturated heterocycles.